The molecule has 0 radical (unpaired) electrons. The Morgan fingerprint density at radius 3 is 3.06 bits per heavy atom. The van der Waals surface area contributed by atoms with Gasteiger partial charge in [0, 0.05) is 17.5 Å². The van der Waals surface area contributed by atoms with Gasteiger partial charge in [0.2, 0.25) is 0 Å². The van der Waals surface area contributed by atoms with Gasteiger partial charge in [-0.2, -0.15) is 0 Å². The molecule has 0 saturated carbocycles. The van der Waals surface area contributed by atoms with Gasteiger partial charge in [0.05, 0.1) is 0 Å². The van der Waals surface area contributed by atoms with Gasteiger partial charge < -0.3 is 10.4 Å². The van der Waals surface area contributed by atoms with Crippen LogP contribution in [0.5, 0.6) is 0 Å². The van der Waals surface area contributed by atoms with E-state index in [9.17, 15) is 0 Å². The highest BCUT2D eigenvalue weighted by molar-refractivity contribution is 7.99. The van der Waals surface area contributed by atoms with Crippen LogP contribution >= 0.6 is 11.8 Å². The third kappa shape index (κ3) is 3.50. The molecule has 1 aliphatic heterocycles. The molecule has 1 heterocycles. The first kappa shape index (κ1) is 13.9. The van der Waals surface area contributed by atoms with Crippen LogP contribution in [-0.4, -0.2) is 24.0 Å². The predicted molar refractivity (Wildman–Crippen MR) is 78.0 cm³/mol. The van der Waals surface area contributed by atoms with Crippen LogP contribution in [0.15, 0.2) is 29.2 Å². The second kappa shape index (κ2) is 7.17. The summed E-state index contributed by atoms with van der Waals surface area (Å²) in [7, 11) is 0. The monoisotopic (exact) mass is 265 g/mol. The van der Waals surface area contributed by atoms with Gasteiger partial charge in [-0.1, -0.05) is 31.5 Å². The van der Waals surface area contributed by atoms with Gasteiger partial charge in [-0.05, 0) is 42.7 Å². The normalized spacial score (nSPS) is 20.4. The molecule has 18 heavy (non-hydrogen) atoms. The van der Waals surface area contributed by atoms with Crippen molar-refractivity contribution >= 4 is 11.8 Å². The highest BCUT2D eigenvalue weighted by Gasteiger charge is 2.20. The van der Waals surface area contributed by atoms with Crippen LogP contribution in [0.25, 0.3) is 0 Å². The minimum absolute atomic E-state index is 0.303. The Labute approximate surface area is 114 Å². The average Bonchev–Trinajstić information content (AvgIpc) is 2.43. The van der Waals surface area contributed by atoms with E-state index in [0.29, 0.717) is 18.6 Å². The van der Waals surface area contributed by atoms with E-state index in [1.165, 1.54) is 22.6 Å². The van der Waals surface area contributed by atoms with Crippen molar-refractivity contribution in [1.29, 1.82) is 0 Å². The van der Waals surface area contributed by atoms with E-state index in [1.807, 2.05) is 11.8 Å². The van der Waals surface area contributed by atoms with Gasteiger partial charge in [-0.3, -0.25) is 0 Å². The third-order valence-electron chi connectivity index (χ3n) is 3.73. The summed E-state index contributed by atoms with van der Waals surface area (Å²) in [6.07, 6.45) is 3.25. The van der Waals surface area contributed by atoms with Crippen LogP contribution in [0.2, 0.25) is 0 Å². The van der Waals surface area contributed by atoms with Crippen LogP contribution in [0.3, 0.4) is 0 Å². The molecule has 2 rings (SSSR count). The molecule has 1 aliphatic rings. The second-order valence-electron chi connectivity index (χ2n) is 4.92. The van der Waals surface area contributed by atoms with Crippen molar-refractivity contribution in [3.8, 4) is 0 Å². The summed E-state index contributed by atoms with van der Waals surface area (Å²) in [6.45, 7) is 3.52. The number of aliphatic hydroxyl groups excluding tert-OH is 1. The van der Waals surface area contributed by atoms with Crippen molar-refractivity contribution in [1.82, 2.24) is 5.32 Å². The van der Waals surface area contributed by atoms with Gasteiger partial charge in [0.25, 0.3) is 0 Å². The first-order valence-corrected chi connectivity index (χ1v) is 7.89. The molecule has 2 unspecified atom stereocenters. The summed E-state index contributed by atoms with van der Waals surface area (Å²) in [5, 5.41) is 12.7. The Hall–Kier alpha value is -0.510. The van der Waals surface area contributed by atoms with Crippen molar-refractivity contribution in [2.75, 3.05) is 18.9 Å². The molecule has 2 N–H and O–H groups in total. The molecule has 2 atom stereocenters. The van der Waals surface area contributed by atoms with Gasteiger partial charge in [-0.25, -0.2) is 0 Å². The van der Waals surface area contributed by atoms with Gasteiger partial charge in [0.1, 0.15) is 0 Å². The van der Waals surface area contributed by atoms with Crippen LogP contribution < -0.4 is 5.32 Å². The van der Waals surface area contributed by atoms with E-state index in [1.54, 1.807) is 0 Å². The number of hydrogen-bond donors (Lipinski definition) is 2. The maximum atomic E-state index is 9.03. The lowest BCUT2D eigenvalue weighted by Gasteiger charge is -2.27. The van der Waals surface area contributed by atoms with Crippen LogP contribution in [0, 0.1) is 5.92 Å². The Bertz CT molecular complexity index is 369. The first-order valence-electron chi connectivity index (χ1n) is 6.91. The Morgan fingerprint density at radius 2 is 2.28 bits per heavy atom. The fourth-order valence-electron chi connectivity index (χ4n) is 2.50. The molecule has 0 aromatic heterocycles. The third-order valence-corrected chi connectivity index (χ3v) is 4.85. The number of hydrogen-bond acceptors (Lipinski definition) is 3. The fraction of sp³-hybridized carbons (Fsp3) is 0.600. The van der Waals surface area contributed by atoms with E-state index >= 15 is 0 Å². The van der Waals surface area contributed by atoms with E-state index in [-0.39, 0.29) is 0 Å². The number of aliphatic hydroxyl groups is 1. The molecule has 0 bridgehead atoms. The predicted octanol–water partition coefficient (Wildman–Crippen LogP) is 3.22. The van der Waals surface area contributed by atoms with E-state index < -0.39 is 0 Å². The molecule has 2 nitrogen and oxygen atoms in total. The Kier molecular flexibility index (Phi) is 5.54. The largest absolute Gasteiger partial charge is 0.396 e. The zero-order chi connectivity index (χ0) is 12.8. The lowest BCUT2D eigenvalue weighted by atomic mass is 10.00. The molecule has 0 fully saturated rings. The molecule has 0 spiro atoms. The zero-order valence-corrected chi connectivity index (χ0v) is 11.9. The first-order chi connectivity index (χ1) is 8.85. The highest BCUT2D eigenvalue weighted by atomic mass is 32.2. The molecule has 1 aromatic rings. The van der Waals surface area contributed by atoms with Gasteiger partial charge in [-0.15, -0.1) is 11.8 Å². The van der Waals surface area contributed by atoms with Crippen LogP contribution in [0.4, 0.5) is 0 Å². The molecule has 0 amide bonds. The quantitative estimate of drug-likeness (QED) is 0.828. The SMILES string of the molecule is CCC(CCO)CNC1CCSc2ccccc21. The van der Waals surface area contributed by atoms with E-state index in [0.717, 1.165) is 19.4 Å². The summed E-state index contributed by atoms with van der Waals surface area (Å²) >= 11 is 1.96. The minimum atomic E-state index is 0.303. The van der Waals surface area contributed by atoms with E-state index in [4.69, 9.17) is 5.11 Å². The summed E-state index contributed by atoms with van der Waals surface area (Å²) in [5.41, 5.74) is 1.45. The maximum absolute atomic E-state index is 9.03. The standard InChI is InChI=1S/C15H23NOS/c1-2-12(7-9-17)11-16-14-8-10-18-15-6-4-3-5-13(14)15/h3-6,12,14,16-17H,2,7-11H2,1H3. The molecular weight excluding hydrogens is 242 g/mol. The van der Waals surface area contributed by atoms with Crippen LogP contribution in [-0.2, 0) is 0 Å². The smallest absolute Gasteiger partial charge is 0.0434 e. The summed E-state index contributed by atoms with van der Waals surface area (Å²) in [5.74, 6) is 1.79. The van der Waals surface area contributed by atoms with Crippen molar-refractivity contribution < 1.29 is 5.11 Å². The molecule has 100 valence electrons. The van der Waals surface area contributed by atoms with Crippen molar-refractivity contribution in [2.45, 2.75) is 37.1 Å². The summed E-state index contributed by atoms with van der Waals surface area (Å²) in [6, 6.07) is 9.21. The Balaban J connectivity index is 1.94. The number of nitrogens with one attached hydrogen (secondary N) is 1. The zero-order valence-electron chi connectivity index (χ0n) is 11.1. The summed E-state index contributed by atoms with van der Waals surface area (Å²) < 4.78 is 0. The topological polar surface area (TPSA) is 32.3 Å². The van der Waals surface area contributed by atoms with Crippen LogP contribution in [0.1, 0.15) is 37.8 Å². The number of benzene rings is 1. The minimum Gasteiger partial charge on any atom is -0.396 e. The van der Waals surface area contributed by atoms with Crippen molar-refractivity contribution in [2.24, 2.45) is 5.92 Å². The molecular formula is C15H23NOS. The van der Waals surface area contributed by atoms with Gasteiger partial charge in [0.15, 0.2) is 0 Å². The highest BCUT2D eigenvalue weighted by Crippen LogP contribution is 2.35. The second-order valence-corrected chi connectivity index (χ2v) is 6.06. The Morgan fingerprint density at radius 1 is 1.44 bits per heavy atom. The molecule has 1 aromatic carbocycles. The number of fused-ring (bicyclic) bond motifs is 1. The number of thioether (sulfide) groups is 1. The molecule has 3 heteroatoms. The average molecular weight is 265 g/mol. The molecule has 0 aliphatic carbocycles. The van der Waals surface area contributed by atoms with E-state index in [2.05, 4.69) is 36.5 Å². The lowest BCUT2D eigenvalue weighted by Crippen LogP contribution is -2.29. The fourth-order valence-corrected chi connectivity index (χ4v) is 3.62. The number of rotatable bonds is 6. The lowest BCUT2D eigenvalue weighted by molar-refractivity contribution is 0.248. The van der Waals surface area contributed by atoms with Gasteiger partial charge >= 0.3 is 0 Å². The molecule has 0 saturated heterocycles. The maximum Gasteiger partial charge on any atom is 0.0434 e. The van der Waals surface area contributed by atoms with Crippen molar-refractivity contribution in [3.63, 3.8) is 0 Å². The van der Waals surface area contributed by atoms with Crippen molar-refractivity contribution in [3.05, 3.63) is 29.8 Å². The summed E-state index contributed by atoms with van der Waals surface area (Å²) in [4.78, 5) is 1.43.